The Hall–Kier alpha value is -2.14. The molecule has 0 aliphatic rings. The van der Waals surface area contributed by atoms with Crippen molar-refractivity contribution in [2.75, 3.05) is 13.1 Å². The highest BCUT2D eigenvalue weighted by Gasteiger charge is 2.12. The van der Waals surface area contributed by atoms with Crippen molar-refractivity contribution in [2.45, 2.75) is 19.3 Å². The van der Waals surface area contributed by atoms with Gasteiger partial charge in [0.2, 0.25) is 5.91 Å². The fourth-order valence-electron chi connectivity index (χ4n) is 1.50. The SMILES string of the molecule is [N-]=[N+]=NCCCCNC(=O)Cc1c(F)cccc1F. The number of nitrogens with one attached hydrogen (secondary N) is 1. The predicted octanol–water partition coefficient (Wildman–Crippen LogP) is 2.71. The summed E-state index contributed by atoms with van der Waals surface area (Å²) >= 11 is 0. The van der Waals surface area contributed by atoms with Crippen molar-refractivity contribution in [3.05, 3.63) is 45.8 Å². The van der Waals surface area contributed by atoms with E-state index in [0.717, 1.165) is 12.1 Å². The van der Waals surface area contributed by atoms with Crippen molar-refractivity contribution in [1.29, 1.82) is 0 Å². The van der Waals surface area contributed by atoms with Crippen LogP contribution in [0.2, 0.25) is 0 Å². The largest absolute Gasteiger partial charge is 0.356 e. The fourth-order valence-corrected chi connectivity index (χ4v) is 1.50. The minimum Gasteiger partial charge on any atom is -0.356 e. The van der Waals surface area contributed by atoms with E-state index < -0.39 is 17.5 Å². The number of azide groups is 1. The summed E-state index contributed by atoms with van der Waals surface area (Å²) < 4.78 is 26.5. The van der Waals surface area contributed by atoms with Crippen molar-refractivity contribution >= 4 is 5.91 Å². The van der Waals surface area contributed by atoms with Crippen LogP contribution in [0, 0.1) is 11.6 Å². The van der Waals surface area contributed by atoms with E-state index in [1.165, 1.54) is 6.07 Å². The molecule has 0 atom stereocenters. The number of hydrogen-bond donors (Lipinski definition) is 1. The maximum Gasteiger partial charge on any atom is 0.224 e. The number of rotatable bonds is 7. The smallest absolute Gasteiger partial charge is 0.224 e. The number of benzene rings is 1. The Balaban J connectivity index is 2.33. The van der Waals surface area contributed by atoms with Gasteiger partial charge in [0.05, 0.1) is 6.42 Å². The van der Waals surface area contributed by atoms with E-state index in [1.54, 1.807) is 0 Å². The molecule has 1 N–H and O–H groups in total. The Morgan fingerprint density at radius 1 is 1.32 bits per heavy atom. The minimum atomic E-state index is -0.724. The highest BCUT2D eigenvalue weighted by molar-refractivity contribution is 5.78. The number of carbonyl (C=O) groups excluding carboxylic acids is 1. The molecular weight excluding hydrogens is 254 g/mol. The van der Waals surface area contributed by atoms with E-state index in [-0.39, 0.29) is 12.0 Å². The monoisotopic (exact) mass is 268 g/mol. The molecule has 0 fully saturated rings. The van der Waals surface area contributed by atoms with Crippen LogP contribution in [0.5, 0.6) is 0 Å². The molecule has 0 aromatic heterocycles. The van der Waals surface area contributed by atoms with Gasteiger partial charge in [-0.25, -0.2) is 8.78 Å². The van der Waals surface area contributed by atoms with Gasteiger partial charge in [-0.2, -0.15) is 0 Å². The molecule has 1 amide bonds. The molecule has 7 heteroatoms. The van der Waals surface area contributed by atoms with Crippen molar-refractivity contribution in [1.82, 2.24) is 5.32 Å². The number of unbranched alkanes of at least 4 members (excludes halogenated alkanes) is 1. The van der Waals surface area contributed by atoms with E-state index in [0.29, 0.717) is 25.9 Å². The number of hydrogen-bond acceptors (Lipinski definition) is 2. The molecule has 0 aliphatic carbocycles. The van der Waals surface area contributed by atoms with Crippen molar-refractivity contribution in [3.8, 4) is 0 Å². The van der Waals surface area contributed by atoms with E-state index in [9.17, 15) is 13.6 Å². The fraction of sp³-hybridized carbons (Fsp3) is 0.417. The summed E-state index contributed by atoms with van der Waals surface area (Å²) in [6.45, 7) is 0.754. The maximum atomic E-state index is 13.3. The average Bonchev–Trinajstić information content (AvgIpc) is 2.38. The summed E-state index contributed by atoms with van der Waals surface area (Å²) in [5, 5.41) is 5.90. The molecule has 0 bridgehead atoms. The Bertz CT molecular complexity index is 466. The average molecular weight is 268 g/mol. The molecule has 0 aliphatic heterocycles. The first-order valence-corrected chi connectivity index (χ1v) is 5.85. The van der Waals surface area contributed by atoms with Gasteiger partial charge in [-0.15, -0.1) is 0 Å². The van der Waals surface area contributed by atoms with Crippen molar-refractivity contribution in [3.63, 3.8) is 0 Å². The summed E-state index contributed by atoms with van der Waals surface area (Å²) in [5.74, 6) is -1.88. The van der Waals surface area contributed by atoms with Crippen LogP contribution in [0.25, 0.3) is 10.4 Å². The molecular formula is C12H14F2N4O. The van der Waals surface area contributed by atoms with Gasteiger partial charge in [0.15, 0.2) is 0 Å². The first-order valence-electron chi connectivity index (χ1n) is 5.85. The van der Waals surface area contributed by atoms with E-state index >= 15 is 0 Å². The van der Waals surface area contributed by atoms with Gasteiger partial charge in [0, 0.05) is 23.6 Å². The lowest BCUT2D eigenvalue weighted by molar-refractivity contribution is -0.120. The lowest BCUT2D eigenvalue weighted by Gasteiger charge is -2.06. The zero-order chi connectivity index (χ0) is 14.1. The first-order chi connectivity index (χ1) is 9.15. The highest BCUT2D eigenvalue weighted by Crippen LogP contribution is 2.12. The summed E-state index contributed by atoms with van der Waals surface area (Å²) in [6.07, 6.45) is 0.970. The van der Waals surface area contributed by atoms with Crippen molar-refractivity contribution in [2.24, 2.45) is 5.11 Å². The Kier molecular flexibility index (Phi) is 6.32. The molecule has 0 saturated carbocycles. The Morgan fingerprint density at radius 2 is 2.00 bits per heavy atom. The molecule has 1 aromatic rings. The molecule has 0 unspecified atom stereocenters. The summed E-state index contributed by atoms with van der Waals surface area (Å²) in [6, 6.07) is 3.49. The molecule has 0 spiro atoms. The van der Waals surface area contributed by atoms with Crippen LogP contribution >= 0.6 is 0 Å². The van der Waals surface area contributed by atoms with E-state index in [4.69, 9.17) is 5.53 Å². The molecule has 1 aromatic carbocycles. The first kappa shape index (κ1) is 14.9. The van der Waals surface area contributed by atoms with Gasteiger partial charge >= 0.3 is 0 Å². The molecule has 5 nitrogen and oxygen atoms in total. The number of halogens is 2. The topological polar surface area (TPSA) is 77.9 Å². The van der Waals surface area contributed by atoms with Crippen LogP contribution in [-0.2, 0) is 11.2 Å². The lowest BCUT2D eigenvalue weighted by atomic mass is 10.1. The summed E-state index contributed by atoms with van der Waals surface area (Å²) in [7, 11) is 0. The zero-order valence-corrected chi connectivity index (χ0v) is 10.3. The summed E-state index contributed by atoms with van der Waals surface area (Å²) in [5.41, 5.74) is 7.82. The molecule has 0 saturated heterocycles. The molecule has 1 rings (SSSR count). The van der Waals surface area contributed by atoms with Crippen LogP contribution < -0.4 is 5.32 Å². The predicted molar refractivity (Wildman–Crippen MR) is 66.3 cm³/mol. The van der Waals surface area contributed by atoms with Gasteiger partial charge in [0.25, 0.3) is 0 Å². The number of nitrogens with zero attached hydrogens (tertiary/aromatic N) is 3. The van der Waals surface area contributed by atoms with Gasteiger partial charge in [-0.3, -0.25) is 4.79 Å². The van der Waals surface area contributed by atoms with Crippen LogP contribution in [0.15, 0.2) is 23.3 Å². The zero-order valence-electron chi connectivity index (χ0n) is 10.3. The van der Waals surface area contributed by atoms with E-state index in [1.807, 2.05) is 0 Å². The molecule has 0 radical (unpaired) electrons. The highest BCUT2D eigenvalue weighted by atomic mass is 19.1. The van der Waals surface area contributed by atoms with Gasteiger partial charge < -0.3 is 5.32 Å². The van der Waals surface area contributed by atoms with Crippen LogP contribution in [-0.4, -0.2) is 19.0 Å². The maximum absolute atomic E-state index is 13.3. The third kappa shape index (κ3) is 5.35. The quantitative estimate of drug-likeness (QED) is 0.351. The van der Waals surface area contributed by atoms with Gasteiger partial charge in [0.1, 0.15) is 11.6 Å². The summed E-state index contributed by atoms with van der Waals surface area (Å²) in [4.78, 5) is 14.1. The minimum absolute atomic E-state index is 0.228. The second-order valence-corrected chi connectivity index (χ2v) is 3.89. The molecule has 102 valence electrons. The Labute approximate surface area is 109 Å². The third-order valence-corrected chi connectivity index (χ3v) is 2.47. The number of carbonyl (C=O) groups is 1. The molecule has 19 heavy (non-hydrogen) atoms. The second-order valence-electron chi connectivity index (χ2n) is 3.89. The van der Waals surface area contributed by atoms with Gasteiger partial charge in [-0.1, -0.05) is 11.2 Å². The van der Waals surface area contributed by atoms with Crippen LogP contribution in [0.3, 0.4) is 0 Å². The number of amides is 1. The Morgan fingerprint density at radius 3 is 2.63 bits per heavy atom. The van der Waals surface area contributed by atoms with Gasteiger partial charge in [-0.05, 0) is 30.5 Å². The third-order valence-electron chi connectivity index (χ3n) is 2.47. The standard InChI is InChI=1S/C12H14F2N4O/c13-10-4-3-5-11(14)9(10)8-12(19)16-6-1-2-7-17-18-15/h3-5H,1-2,6-8H2,(H,16,19). The van der Waals surface area contributed by atoms with Crippen LogP contribution in [0.1, 0.15) is 18.4 Å². The lowest BCUT2D eigenvalue weighted by Crippen LogP contribution is -2.27. The normalized spacial score (nSPS) is 9.79. The van der Waals surface area contributed by atoms with Crippen LogP contribution in [0.4, 0.5) is 8.78 Å². The van der Waals surface area contributed by atoms with Crippen molar-refractivity contribution < 1.29 is 13.6 Å². The molecule has 0 heterocycles. The van der Waals surface area contributed by atoms with E-state index in [2.05, 4.69) is 15.3 Å². The second kappa shape index (κ2) is 8.05.